The number of rotatable bonds is 22. The maximum atomic E-state index is 12.0. The second kappa shape index (κ2) is 21.1. The minimum Gasteiger partial charge on any atom is -0.481 e. The van der Waals surface area contributed by atoms with E-state index in [1.54, 1.807) is 0 Å². The topological polar surface area (TPSA) is 83.8 Å². The van der Waals surface area contributed by atoms with E-state index in [1.807, 2.05) is 6.92 Å². The number of aliphatic hydroxyl groups excluding tert-OH is 1. The van der Waals surface area contributed by atoms with Gasteiger partial charge in [-0.3, -0.25) is 9.59 Å². The van der Waals surface area contributed by atoms with E-state index in [4.69, 9.17) is 9.84 Å². The lowest BCUT2D eigenvalue weighted by atomic mass is 10.0. The van der Waals surface area contributed by atoms with Gasteiger partial charge in [-0.2, -0.15) is 0 Å². The molecule has 0 saturated carbocycles. The molecule has 178 valence electrons. The molecule has 0 amide bonds. The first-order valence-corrected chi connectivity index (χ1v) is 12.6. The summed E-state index contributed by atoms with van der Waals surface area (Å²) >= 11 is 0. The van der Waals surface area contributed by atoms with Crippen molar-refractivity contribution in [2.45, 2.75) is 148 Å². The number of ether oxygens (including phenoxy) is 1. The van der Waals surface area contributed by atoms with Crippen LogP contribution in [0.1, 0.15) is 136 Å². The number of hydrogen-bond acceptors (Lipinski definition) is 4. The van der Waals surface area contributed by atoms with Crippen LogP contribution >= 0.6 is 0 Å². The molecule has 0 aliphatic heterocycles. The van der Waals surface area contributed by atoms with Crippen molar-refractivity contribution >= 4 is 11.9 Å². The average Bonchev–Trinajstić information content (AvgIpc) is 2.69. The Bertz CT molecular complexity index is 410. The van der Waals surface area contributed by atoms with Crippen LogP contribution in [0.25, 0.3) is 0 Å². The molecule has 0 heterocycles. The molecule has 0 spiro atoms. The number of carboxylic acids is 1. The molecule has 0 aromatic rings. The van der Waals surface area contributed by atoms with Gasteiger partial charge in [-0.15, -0.1) is 0 Å². The molecule has 0 aliphatic rings. The van der Waals surface area contributed by atoms with Crippen molar-refractivity contribution < 1.29 is 24.5 Å². The molecule has 2 N–H and O–H groups in total. The van der Waals surface area contributed by atoms with Crippen LogP contribution in [0, 0.1) is 0 Å². The van der Waals surface area contributed by atoms with Crippen LogP contribution in [0.3, 0.4) is 0 Å². The summed E-state index contributed by atoms with van der Waals surface area (Å²) in [5.74, 6) is -1.45. The normalized spacial score (nSPS) is 13.2. The van der Waals surface area contributed by atoms with Gasteiger partial charge in [0.1, 0.15) is 6.10 Å². The summed E-state index contributed by atoms with van der Waals surface area (Å²) in [5, 5.41) is 19.0. The minimum atomic E-state index is -0.962. The van der Waals surface area contributed by atoms with Crippen molar-refractivity contribution in [2.75, 3.05) is 0 Å². The molecule has 2 atom stereocenters. The van der Waals surface area contributed by atoms with Gasteiger partial charge in [0.25, 0.3) is 0 Å². The van der Waals surface area contributed by atoms with Crippen LogP contribution in [0.4, 0.5) is 0 Å². The standard InChI is InChI=1S/C25H48O5/c1-3-5-7-8-9-10-11-12-13-14-15-16-17-18-22(26)20-25(29)30-23(19-6-4-2)21-24(27)28/h22-23,26H,3-21H2,1-2H3,(H,27,28). The molecule has 0 radical (unpaired) electrons. The first-order chi connectivity index (χ1) is 14.5. The second-order valence-corrected chi connectivity index (χ2v) is 8.74. The third kappa shape index (κ3) is 20.2. The predicted octanol–water partition coefficient (Wildman–Crippen LogP) is 6.80. The van der Waals surface area contributed by atoms with Crippen LogP contribution in [0.2, 0.25) is 0 Å². The zero-order chi connectivity index (χ0) is 22.5. The van der Waals surface area contributed by atoms with E-state index in [0.29, 0.717) is 12.8 Å². The van der Waals surface area contributed by atoms with Gasteiger partial charge in [0.05, 0.1) is 18.9 Å². The fraction of sp³-hybridized carbons (Fsp3) is 0.920. The van der Waals surface area contributed by atoms with Crippen molar-refractivity contribution in [2.24, 2.45) is 0 Å². The predicted molar refractivity (Wildman–Crippen MR) is 123 cm³/mol. The number of carboxylic acid groups (broad SMARTS) is 1. The maximum Gasteiger partial charge on any atom is 0.308 e. The Labute approximate surface area is 185 Å². The van der Waals surface area contributed by atoms with Gasteiger partial charge >= 0.3 is 11.9 Å². The molecule has 0 fully saturated rings. The summed E-state index contributed by atoms with van der Waals surface area (Å²) < 4.78 is 5.27. The first kappa shape index (κ1) is 28.9. The molecule has 30 heavy (non-hydrogen) atoms. The largest absolute Gasteiger partial charge is 0.481 e. The fourth-order valence-corrected chi connectivity index (χ4v) is 3.76. The lowest BCUT2D eigenvalue weighted by molar-refractivity contribution is -0.155. The highest BCUT2D eigenvalue weighted by molar-refractivity contribution is 5.71. The number of unbranched alkanes of at least 4 members (excludes halogenated alkanes) is 13. The number of aliphatic carboxylic acids is 1. The van der Waals surface area contributed by atoms with E-state index in [0.717, 1.165) is 25.7 Å². The second-order valence-electron chi connectivity index (χ2n) is 8.74. The number of carbonyl (C=O) groups is 2. The Morgan fingerprint density at radius 1 is 0.667 bits per heavy atom. The van der Waals surface area contributed by atoms with Crippen molar-refractivity contribution in [1.82, 2.24) is 0 Å². The molecule has 5 nitrogen and oxygen atoms in total. The zero-order valence-corrected chi connectivity index (χ0v) is 19.7. The molecule has 0 aromatic carbocycles. The van der Waals surface area contributed by atoms with Crippen LogP contribution in [0.15, 0.2) is 0 Å². The van der Waals surface area contributed by atoms with Crippen molar-refractivity contribution in [3.63, 3.8) is 0 Å². The molecule has 5 heteroatoms. The summed E-state index contributed by atoms with van der Waals surface area (Å²) in [6.45, 7) is 4.27. The molecular formula is C25H48O5. The monoisotopic (exact) mass is 428 g/mol. The number of aliphatic hydroxyl groups is 1. The average molecular weight is 429 g/mol. The number of esters is 1. The van der Waals surface area contributed by atoms with E-state index in [1.165, 1.54) is 70.6 Å². The fourth-order valence-electron chi connectivity index (χ4n) is 3.76. The van der Waals surface area contributed by atoms with E-state index < -0.39 is 24.1 Å². The Hall–Kier alpha value is -1.10. The van der Waals surface area contributed by atoms with Gasteiger partial charge in [0, 0.05) is 0 Å². The molecule has 0 saturated heterocycles. The van der Waals surface area contributed by atoms with Crippen LogP contribution in [0.5, 0.6) is 0 Å². The molecule has 0 aliphatic carbocycles. The minimum absolute atomic E-state index is 0.0412. The summed E-state index contributed by atoms with van der Waals surface area (Å²) in [7, 11) is 0. The van der Waals surface area contributed by atoms with Gasteiger partial charge in [-0.25, -0.2) is 0 Å². The smallest absolute Gasteiger partial charge is 0.308 e. The maximum absolute atomic E-state index is 12.0. The van der Waals surface area contributed by atoms with Gasteiger partial charge in [0.15, 0.2) is 0 Å². The Morgan fingerprint density at radius 3 is 1.60 bits per heavy atom. The van der Waals surface area contributed by atoms with Crippen molar-refractivity contribution in [3.05, 3.63) is 0 Å². The van der Waals surface area contributed by atoms with Crippen molar-refractivity contribution in [1.29, 1.82) is 0 Å². The first-order valence-electron chi connectivity index (χ1n) is 12.6. The number of carbonyl (C=O) groups excluding carboxylic acids is 1. The van der Waals surface area contributed by atoms with Crippen molar-refractivity contribution in [3.8, 4) is 0 Å². The van der Waals surface area contributed by atoms with Gasteiger partial charge < -0.3 is 14.9 Å². The van der Waals surface area contributed by atoms with Crippen LogP contribution in [-0.2, 0) is 14.3 Å². The van der Waals surface area contributed by atoms with Gasteiger partial charge in [-0.1, -0.05) is 110 Å². The van der Waals surface area contributed by atoms with E-state index in [-0.39, 0.29) is 12.8 Å². The molecular weight excluding hydrogens is 380 g/mol. The SMILES string of the molecule is CCCCCCCCCCCCCCCC(O)CC(=O)OC(CCCC)CC(=O)O. The highest BCUT2D eigenvalue weighted by Crippen LogP contribution is 2.15. The van der Waals surface area contributed by atoms with Crippen LogP contribution < -0.4 is 0 Å². The highest BCUT2D eigenvalue weighted by atomic mass is 16.5. The lowest BCUT2D eigenvalue weighted by Crippen LogP contribution is -2.24. The summed E-state index contributed by atoms with van der Waals surface area (Å²) in [6.07, 6.45) is 18.1. The Morgan fingerprint density at radius 2 is 1.13 bits per heavy atom. The molecule has 0 rings (SSSR count). The Kier molecular flexibility index (Phi) is 20.4. The third-order valence-electron chi connectivity index (χ3n) is 5.62. The molecule has 2 unspecified atom stereocenters. The lowest BCUT2D eigenvalue weighted by Gasteiger charge is -2.17. The molecule has 0 aromatic heterocycles. The Balaban J connectivity index is 3.62. The van der Waals surface area contributed by atoms with E-state index >= 15 is 0 Å². The zero-order valence-electron chi connectivity index (χ0n) is 19.7. The highest BCUT2D eigenvalue weighted by Gasteiger charge is 2.19. The van der Waals surface area contributed by atoms with Gasteiger partial charge in [-0.05, 0) is 12.8 Å². The third-order valence-corrected chi connectivity index (χ3v) is 5.62. The quantitative estimate of drug-likeness (QED) is 0.146. The van der Waals surface area contributed by atoms with E-state index in [9.17, 15) is 14.7 Å². The van der Waals surface area contributed by atoms with E-state index in [2.05, 4.69) is 6.92 Å². The summed E-state index contributed by atoms with van der Waals surface area (Å²) in [5.41, 5.74) is 0. The summed E-state index contributed by atoms with van der Waals surface area (Å²) in [4.78, 5) is 22.9. The summed E-state index contributed by atoms with van der Waals surface area (Å²) in [6, 6.07) is 0. The number of hydrogen-bond donors (Lipinski definition) is 2. The van der Waals surface area contributed by atoms with Crippen LogP contribution in [-0.4, -0.2) is 34.4 Å². The molecule has 0 bridgehead atoms. The van der Waals surface area contributed by atoms with Gasteiger partial charge in [0.2, 0.25) is 0 Å².